The van der Waals surface area contributed by atoms with Crippen molar-refractivity contribution >= 4 is 33.9 Å². The summed E-state index contributed by atoms with van der Waals surface area (Å²) in [5.41, 5.74) is 3.74. The van der Waals surface area contributed by atoms with Crippen LogP contribution in [0.2, 0.25) is 0 Å². The summed E-state index contributed by atoms with van der Waals surface area (Å²) in [4.78, 5) is 25.1. The normalized spacial score (nSPS) is 15.2. The highest BCUT2D eigenvalue weighted by Gasteiger charge is 2.21. The Hall–Kier alpha value is -4.24. The van der Waals surface area contributed by atoms with Crippen LogP contribution in [-0.2, 0) is 0 Å². The lowest BCUT2D eigenvalue weighted by atomic mass is 9.97. The van der Waals surface area contributed by atoms with Gasteiger partial charge in [-0.15, -0.1) is 0 Å². The number of piperazine rings is 1. The zero-order chi connectivity index (χ0) is 22.9. The molecule has 1 aliphatic carbocycles. The van der Waals surface area contributed by atoms with Gasteiger partial charge in [-0.2, -0.15) is 0 Å². The summed E-state index contributed by atoms with van der Waals surface area (Å²) in [5.74, 6) is 2.02. The Morgan fingerprint density at radius 1 is 0.971 bits per heavy atom. The van der Waals surface area contributed by atoms with Crippen molar-refractivity contribution in [1.82, 2.24) is 30.2 Å². The van der Waals surface area contributed by atoms with Crippen molar-refractivity contribution in [2.24, 2.45) is 0 Å². The van der Waals surface area contributed by atoms with Gasteiger partial charge >= 0.3 is 0 Å². The van der Waals surface area contributed by atoms with Crippen LogP contribution in [0.3, 0.4) is 0 Å². The Bertz CT molecular complexity index is 1440. The highest BCUT2D eigenvalue weighted by atomic mass is 19.1. The summed E-state index contributed by atoms with van der Waals surface area (Å²) >= 11 is 0. The largest absolute Gasteiger partial charge is 0.353 e. The lowest BCUT2D eigenvalue weighted by Crippen LogP contribution is -2.44. The van der Waals surface area contributed by atoms with Gasteiger partial charge in [0.2, 0.25) is 0 Å². The fourth-order valence-electron chi connectivity index (χ4n) is 4.13. The number of rotatable bonds is 5. The third-order valence-corrected chi connectivity index (χ3v) is 5.86. The number of nitrogens with one attached hydrogen (secondary N) is 2. The molecule has 0 unspecified atom stereocenters. The van der Waals surface area contributed by atoms with Crippen molar-refractivity contribution in [2.45, 2.75) is 0 Å². The Labute approximate surface area is 195 Å². The number of anilines is 3. The molecule has 168 valence electrons. The average molecular weight is 452 g/mol. The van der Waals surface area contributed by atoms with E-state index in [4.69, 9.17) is 9.97 Å². The van der Waals surface area contributed by atoms with Crippen molar-refractivity contribution in [3.8, 4) is 11.4 Å². The molecule has 9 heteroatoms. The van der Waals surface area contributed by atoms with Gasteiger partial charge in [0.1, 0.15) is 23.3 Å². The Kier molecular flexibility index (Phi) is 5.15. The van der Waals surface area contributed by atoms with Gasteiger partial charge in [0.05, 0.1) is 17.1 Å². The summed E-state index contributed by atoms with van der Waals surface area (Å²) in [6, 6.07) is 6.32. The lowest BCUT2D eigenvalue weighted by molar-refractivity contribution is 0.586. The fraction of sp³-hybridized carbons (Fsp3) is 0.160. The van der Waals surface area contributed by atoms with Crippen LogP contribution in [0.1, 0.15) is 5.56 Å². The fourth-order valence-corrected chi connectivity index (χ4v) is 4.13. The molecule has 0 atom stereocenters. The molecule has 4 aromatic rings. The first-order chi connectivity index (χ1) is 16.7. The van der Waals surface area contributed by atoms with E-state index in [9.17, 15) is 4.39 Å². The number of hydrogen-bond acceptors (Lipinski definition) is 8. The second-order valence-electron chi connectivity index (χ2n) is 8.08. The zero-order valence-electron chi connectivity index (χ0n) is 18.2. The first-order valence-electron chi connectivity index (χ1n) is 11.1. The molecule has 2 aliphatic rings. The van der Waals surface area contributed by atoms with Crippen LogP contribution >= 0.6 is 0 Å². The molecule has 34 heavy (non-hydrogen) atoms. The first kappa shape index (κ1) is 20.4. The third kappa shape index (κ3) is 3.86. The van der Waals surface area contributed by atoms with Gasteiger partial charge in [-0.3, -0.25) is 4.98 Å². The summed E-state index contributed by atoms with van der Waals surface area (Å²) < 4.78 is 13.6. The van der Waals surface area contributed by atoms with E-state index in [2.05, 4.69) is 42.6 Å². The van der Waals surface area contributed by atoms with E-state index in [-0.39, 0.29) is 5.82 Å². The number of hydrogen-bond donors (Lipinski definition) is 2. The van der Waals surface area contributed by atoms with Crippen LogP contribution in [0.25, 0.3) is 27.9 Å². The minimum absolute atomic E-state index is 0.369. The van der Waals surface area contributed by atoms with Crippen LogP contribution in [0, 0.1) is 5.82 Å². The molecule has 1 fully saturated rings. The van der Waals surface area contributed by atoms with E-state index in [1.54, 1.807) is 12.4 Å². The van der Waals surface area contributed by atoms with Crippen LogP contribution < -0.4 is 15.5 Å². The predicted octanol–water partition coefficient (Wildman–Crippen LogP) is 3.73. The lowest BCUT2D eigenvalue weighted by Gasteiger charge is -2.30. The third-order valence-electron chi connectivity index (χ3n) is 5.86. The Morgan fingerprint density at radius 2 is 1.76 bits per heavy atom. The average Bonchev–Trinajstić information content (AvgIpc) is 2.83. The highest BCUT2D eigenvalue weighted by molar-refractivity contribution is 6.02. The molecular formula is C25H21FN8. The van der Waals surface area contributed by atoms with Crippen molar-refractivity contribution in [3.63, 3.8) is 0 Å². The van der Waals surface area contributed by atoms with Crippen LogP contribution in [0.15, 0.2) is 67.3 Å². The van der Waals surface area contributed by atoms with E-state index < -0.39 is 0 Å². The molecule has 0 spiro atoms. The molecule has 0 bridgehead atoms. The van der Waals surface area contributed by atoms with Crippen LogP contribution in [-0.4, -0.2) is 51.1 Å². The van der Waals surface area contributed by atoms with Gasteiger partial charge in [0, 0.05) is 62.0 Å². The molecule has 0 saturated carbocycles. The van der Waals surface area contributed by atoms with Crippen molar-refractivity contribution in [1.29, 1.82) is 0 Å². The monoisotopic (exact) mass is 452 g/mol. The molecule has 0 radical (unpaired) electrons. The van der Waals surface area contributed by atoms with Crippen molar-refractivity contribution in [2.75, 3.05) is 36.4 Å². The quantitative estimate of drug-likeness (QED) is 0.473. The van der Waals surface area contributed by atoms with Gasteiger partial charge in [-0.1, -0.05) is 18.2 Å². The molecule has 0 amide bonds. The first-order valence-corrected chi connectivity index (χ1v) is 11.1. The molecule has 4 aromatic heterocycles. The van der Waals surface area contributed by atoms with E-state index in [0.717, 1.165) is 59.6 Å². The second kappa shape index (κ2) is 8.60. The molecular weight excluding hydrogens is 431 g/mol. The molecule has 0 aromatic carbocycles. The summed E-state index contributed by atoms with van der Waals surface area (Å²) in [5, 5.41) is 7.46. The van der Waals surface area contributed by atoms with Gasteiger partial charge in [-0.25, -0.2) is 24.3 Å². The highest BCUT2D eigenvalue weighted by Crippen LogP contribution is 2.35. The summed E-state index contributed by atoms with van der Waals surface area (Å²) in [7, 11) is 0. The molecule has 1 saturated heterocycles. The van der Waals surface area contributed by atoms with Gasteiger partial charge in [0.15, 0.2) is 5.82 Å². The minimum atomic E-state index is -0.369. The van der Waals surface area contributed by atoms with Gasteiger partial charge in [-0.05, 0) is 23.8 Å². The smallest absolute Gasteiger partial charge is 0.162 e. The van der Waals surface area contributed by atoms with Crippen molar-refractivity contribution in [3.05, 3.63) is 78.7 Å². The second-order valence-corrected chi connectivity index (χ2v) is 8.08. The molecule has 8 nitrogen and oxygen atoms in total. The Balaban J connectivity index is 1.45. The molecule has 5 heterocycles. The SMILES string of the molecule is Fc1ccnc(Nc2cc(-c3nc(N4CCNCC4)c4c(C5=CC=C5)cncc4n3)ccn2)c1. The molecule has 6 rings (SSSR count). The van der Waals surface area contributed by atoms with E-state index in [1.807, 2.05) is 24.4 Å². The summed E-state index contributed by atoms with van der Waals surface area (Å²) in [6.45, 7) is 3.51. The minimum Gasteiger partial charge on any atom is -0.353 e. The summed E-state index contributed by atoms with van der Waals surface area (Å²) in [6.07, 6.45) is 12.9. The van der Waals surface area contributed by atoms with Crippen LogP contribution in [0.5, 0.6) is 0 Å². The number of aromatic nitrogens is 5. The molecule has 2 N–H and O–H groups in total. The number of allylic oxidation sites excluding steroid dienone is 4. The maximum absolute atomic E-state index is 13.6. The van der Waals surface area contributed by atoms with E-state index >= 15 is 0 Å². The molecule has 1 aliphatic heterocycles. The Morgan fingerprint density at radius 3 is 2.53 bits per heavy atom. The maximum Gasteiger partial charge on any atom is 0.162 e. The number of pyridine rings is 3. The van der Waals surface area contributed by atoms with Crippen LogP contribution in [0.4, 0.5) is 21.8 Å². The number of nitrogens with zero attached hydrogens (tertiary/aromatic N) is 6. The van der Waals surface area contributed by atoms with E-state index in [1.165, 1.54) is 18.3 Å². The van der Waals surface area contributed by atoms with Crippen molar-refractivity contribution < 1.29 is 4.39 Å². The van der Waals surface area contributed by atoms with Gasteiger partial charge in [0.25, 0.3) is 0 Å². The number of fused-ring (bicyclic) bond motifs is 1. The standard InChI is InChI=1S/C25H21FN8/c26-18-5-7-30-22(13-18)32-21-12-17(4-6-29-21)24-31-20-15-28-14-19(16-2-1-3-16)23(20)25(33-24)34-10-8-27-9-11-34/h1-7,12-15,27H,8-11H2,(H,29,30,32). The number of halogens is 1. The zero-order valence-corrected chi connectivity index (χ0v) is 18.2. The maximum atomic E-state index is 13.6. The predicted molar refractivity (Wildman–Crippen MR) is 130 cm³/mol. The topological polar surface area (TPSA) is 91.8 Å². The van der Waals surface area contributed by atoms with Gasteiger partial charge < -0.3 is 15.5 Å². The van der Waals surface area contributed by atoms with E-state index in [0.29, 0.717) is 17.5 Å².